The fourth-order valence-corrected chi connectivity index (χ4v) is 3.25. The first-order valence-corrected chi connectivity index (χ1v) is 8.71. The molecule has 2 heterocycles. The van der Waals surface area contributed by atoms with Gasteiger partial charge in [0, 0.05) is 37.4 Å². The Morgan fingerprint density at radius 3 is 2.79 bits per heavy atom. The Morgan fingerprint density at radius 1 is 1.25 bits per heavy atom. The highest BCUT2D eigenvalue weighted by Gasteiger charge is 2.18. The molecular weight excluding hydrogens is 300 g/mol. The van der Waals surface area contributed by atoms with Crippen molar-refractivity contribution in [2.24, 2.45) is 0 Å². The molecule has 0 saturated carbocycles. The molecule has 0 spiro atoms. The molecule has 130 valence electrons. The quantitative estimate of drug-likeness (QED) is 0.880. The molecule has 0 unspecified atom stereocenters. The fourth-order valence-electron chi connectivity index (χ4n) is 3.25. The standard InChI is InChI=1S/C19H28N4O/c1-15-19(12-20-11-18-14-22(3)9-10-24-18)16(2)23(21-15)13-17-7-5-4-6-8-17/h4-8,18,20H,9-14H2,1-3H3/t18-/m1/s1. The van der Waals surface area contributed by atoms with E-state index in [-0.39, 0.29) is 6.10 Å². The van der Waals surface area contributed by atoms with Gasteiger partial charge in [-0.15, -0.1) is 0 Å². The highest BCUT2D eigenvalue weighted by atomic mass is 16.5. The van der Waals surface area contributed by atoms with Crippen molar-refractivity contribution in [3.8, 4) is 0 Å². The van der Waals surface area contributed by atoms with Gasteiger partial charge in [-0.1, -0.05) is 30.3 Å². The van der Waals surface area contributed by atoms with Crippen molar-refractivity contribution in [1.29, 1.82) is 0 Å². The summed E-state index contributed by atoms with van der Waals surface area (Å²) in [6, 6.07) is 10.5. The third kappa shape index (κ3) is 4.23. The Morgan fingerprint density at radius 2 is 2.04 bits per heavy atom. The first-order chi connectivity index (χ1) is 11.6. The number of nitrogens with one attached hydrogen (secondary N) is 1. The largest absolute Gasteiger partial charge is 0.374 e. The lowest BCUT2D eigenvalue weighted by Crippen LogP contribution is -2.44. The molecule has 5 nitrogen and oxygen atoms in total. The number of likely N-dealkylation sites (N-methyl/N-ethyl adjacent to an activating group) is 1. The second-order valence-electron chi connectivity index (χ2n) is 6.68. The number of aromatic nitrogens is 2. The number of nitrogens with zero attached hydrogens (tertiary/aromatic N) is 3. The summed E-state index contributed by atoms with van der Waals surface area (Å²) in [5.41, 5.74) is 4.93. The van der Waals surface area contributed by atoms with Crippen LogP contribution in [0.2, 0.25) is 0 Å². The van der Waals surface area contributed by atoms with Gasteiger partial charge in [0.2, 0.25) is 0 Å². The summed E-state index contributed by atoms with van der Waals surface area (Å²) in [6.45, 7) is 9.66. The molecule has 1 N–H and O–H groups in total. The Kier molecular flexibility index (Phi) is 5.66. The molecule has 0 bridgehead atoms. The zero-order valence-electron chi connectivity index (χ0n) is 15.0. The van der Waals surface area contributed by atoms with Gasteiger partial charge in [-0.25, -0.2) is 0 Å². The average Bonchev–Trinajstić information content (AvgIpc) is 2.83. The van der Waals surface area contributed by atoms with Crippen LogP contribution in [0.15, 0.2) is 30.3 Å². The van der Waals surface area contributed by atoms with E-state index in [1.807, 2.05) is 6.07 Å². The minimum atomic E-state index is 0.281. The first-order valence-electron chi connectivity index (χ1n) is 8.71. The smallest absolute Gasteiger partial charge is 0.0826 e. The molecule has 1 aromatic carbocycles. The van der Waals surface area contributed by atoms with Gasteiger partial charge < -0.3 is 15.0 Å². The number of aryl methyl sites for hydroxylation is 1. The predicted molar refractivity (Wildman–Crippen MR) is 96.2 cm³/mol. The molecule has 24 heavy (non-hydrogen) atoms. The molecular formula is C19H28N4O. The van der Waals surface area contributed by atoms with E-state index in [1.165, 1.54) is 16.8 Å². The molecule has 3 rings (SSSR count). The summed E-state index contributed by atoms with van der Waals surface area (Å²) in [5, 5.41) is 8.27. The summed E-state index contributed by atoms with van der Waals surface area (Å²) in [7, 11) is 2.15. The fraction of sp³-hybridized carbons (Fsp3) is 0.526. The lowest BCUT2D eigenvalue weighted by atomic mass is 10.2. The van der Waals surface area contributed by atoms with E-state index < -0.39 is 0 Å². The molecule has 0 amide bonds. The summed E-state index contributed by atoms with van der Waals surface area (Å²) in [5.74, 6) is 0. The van der Waals surface area contributed by atoms with Crippen LogP contribution in [0.25, 0.3) is 0 Å². The summed E-state index contributed by atoms with van der Waals surface area (Å²) in [6.07, 6.45) is 0.281. The Balaban J connectivity index is 1.58. The Bertz CT molecular complexity index is 653. The van der Waals surface area contributed by atoms with E-state index in [4.69, 9.17) is 9.84 Å². The number of ether oxygens (including phenoxy) is 1. The third-order valence-electron chi connectivity index (χ3n) is 4.72. The van der Waals surface area contributed by atoms with Crippen LogP contribution in [-0.2, 0) is 17.8 Å². The zero-order valence-corrected chi connectivity index (χ0v) is 15.0. The molecule has 5 heteroatoms. The molecule has 0 aliphatic carbocycles. The number of benzene rings is 1. The van der Waals surface area contributed by atoms with Crippen molar-refractivity contribution in [3.63, 3.8) is 0 Å². The maximum Gasteiger partial charge on any atom is 0.0826 e. The second-order valence-corrected chi connectivity index (χ2v) is 6.68. The molecule has 0 radical (unpaired) electrons. The molecule has 1 aromatic heterocycles. The molecule has 1 aliphatic rings. The van der Waals surface area contributed by atoms with Crippen molar-refractivity contribution >= 4 is 0 Å². The van der Waals surface area contributed by atoms with E-state index >= 15 is 0 Å². The van der Waals surface area contributed by atoms with Crippen molar-refractivity contribution in [2.75, 3.05) is 33.3 Å². The predicted octanol–water partition coefficient (Wildman–Crippen LogP) is 1.97. The van der Waals surface area contributed by atoms with Crippen LogP contribution in [0.3, 0.4) is 0 Å². The van der Waals surface area contributed by atoms with Crippen LogP contribution < -0.4 is 5.32 Å². The lowest BCUT2D eigenvalue weighted by molar-refractivity contribution is -0.0182. The highest BCUT2D eigenvalue weighted by molar-refractivity contribution is 5.26. The van der Waals surface area contributed by atoms with Crippen molar-refractivity contribution < 1.29 is 4.74 Å². The van der Waals surface area contributed by atoms with E-state index in [1.54, 1.807) is 0 Å². The van der Waals surface area contributed by atoms with Crippen molar-refractivity contribution in [3.05, 3.63) is 52.8 Å². The minimum absolute atomic E-state index is 0.281. The summed E-state index contributed by atoms with van der Waals surface area (Å²) in [4.78, 5) is 2.32. The van der Waals surface area contributed by atoms with Crippen LogP contribution in [0.4, 0.5) is 0 Å². The SMILES string of the molecule is Cc1nn(Cc2ccccc2)c(C)c1CNC[C@@H]1CN(C)CCO1. The third-order valence-corrected chi connectivity index (χ3v) is 4.72. The monoisotopic (exact) mass is 328 g/mol. The Hall–Kier alpha value is -1.69. The molecule has 1 saturated heterocycles. The van der Waals surface area contributed by atoms with Gasteiger partial charge in [-0.2, -0.15) is 5.10 Å². The van der Waals surface area contributed by atoms with Crippen LogP contribution >= 0.6 is 0 Å². The van der Waals surface area contributed by atoms with Crippen LogP contribution in [0.1, 0.15) is 22.5 Å². The van der Waals surface area contributed by atoms with Gasteiger partial charge in [0.1, 0.15) is 0 Å². The van der Waals surface area contributed by atoms with Gasteiger partial charge in [-0.3, -0.25) is 4.68 Å². The molecule has 1 fully saturated rings. The maximum atomic E-state index is 5.81. The summed E-state index contributed by atoms with van der Waals surface area (Å²) < 4.78 is 7.91. The minimum Gasteiger partial charge on any atom is -0.374 e. The molecule has 1 atom stereocenters. The normalized spacial score (nSPS) is 18.9. The topological polar surface area (TPSA) is 42.3 Å². The van der Waals surface area contributed by atoms with Gasteiger partial charge in [0.25, 0.3) is 0 Å². The maximum absolute atomic E-state index is 5.81. The van der Waals surface area contributed by atoms with Crippen molar-refractivity contribution in [1.82, 2.24) is 20.0 Å². The van der Waals surface area contributed by atoms with Gasteiger partial charge in [0.05, 0.1) is 24.9 Å². The molecule has 2 aromatic rings. The van der Waals surface area contributed by atoms with Crippen LogP contribution in [0.5, 0.6) is 0 Å². The zero-order chi connectivity index (χ0) is 16.9. The van der Waals surface area contributed by atoms with E-state index in [0.29, 0.717) is 0 Å². The van der Waals surface area contributed by atoms with Crippen LogP contribution in [0, 0.1) is 13.8 Å². The summed E-state index contributed by atoms with van der Waals surface area (Å²) >= 11 is 0. The van der Waals surface area contributed by atoms with Crippen molar-refractivity contribution in [2.45, 2.75) is 33.0 Å². The average molecular weight is 328 g/mol. The Labute approximate surface area is 144 Å². The number of hydrogen-bond acceptors (Lipinski definition) is 4. The van der Waals surface area contributed by atoms with Gasteiger partial charge >= 0.3 is 0 Å². The van der Waals surface area contributed by atoms with Crippen LogP contribution in [-0.4, -0.2) is 54.1 Å². The second kappa shape index (κ2) is 7.92. The van der Waals surface area contributed by atoms with E-state index in [0.717, 1.165) is 45.0 Å². The molecule has 1 aliphatic heterocycles. The van der Waals surface area contributed by atoms with Gasteiger partial charge in [0.15, 0.2) is 0 Å². The number of hydrogen-bond donors (Lipinski definition) is 1. The lowest BCUT2D eigenvalue weighted by Gasteiger charge is -2.30. The van der Waals surface area contributed by atoms with Gasteiger partial charge in [-0.05, 0) is 26.5 Å². The number of morpholine rings is 1. The van der Waals surface area contributed by atoms with E-state index in [2.05, 4.69) is 60.1 Å². The van der Waals surface area contributed by atoms with E-state index in [9.17, 15) is 0 Å². The highest BCUT2D eigenvalue weighted by Crippen LogP contribution is 2.15. The first kappa shape index (κ1) is 17.1. The number of rotatable bonds is 6.